The predicted molar refractivity (Wildman–Crippen MR) is 128 cm³/mol. The number of fused-ring (bicyclic) bond motifs is 1. The number of hydrazine groups is 1. The van der Waals surface area contributed by atoms with E-state index in [1.54, 1.807) is 13.2 Å². The first kappa shape index (κ1) is 23.8. The fourth-order valence-electron chi connectivity index (χ4n) is 4.26. The number of aromatic hydroxyl groups is 2. The molecule has 3 rings (SSSR count). The van der Waals surface area contributed by atoms with E-state index in [9.17, 15) is 10.2 Å². The standard InChI is InChI=1S/C25H36N2O3S/c1-3-4-5-8-16-27(26-15-17-31-24-10-7-6-9-23(24)30-2)20-12-13-21-19(18-20)11-14-22(28)25(21)29/h6-7,9-11,14,20,26,28-29H,3-5,8,12-13,15-18H2,1-2H3. The van der Waals surface area contributed by atoms with Crippen LogP contribution in [0.5, 0.6) is 17.2 Å². The zero-order valence-corrected chi connectivity index (χ0v) is 19.6. The number of benzene rings is 2. The lowest BCUT2D eigenvalue weighted by molar-refractivity contribution is 0.112. The minimum absolute atomic E-state index is 0.0138. The van der Waals surface area contributed by atoms with Crippen molar-refractivity contribution in [3.05, 3.63) is 47.5 Å². The van der Waals surface area contributed by atoms with Crippen LogP contribution in [0.25, 0.3) is 0 Å². The lowest BCUT2D eigenvalue weighted by atomic mass is 9.87. The molecule has 0 spiro atoms. The molecule has 0 aromatic heterocycles. The van der Waals surface area contributed by atoms with Gasteiger partial charge < -0.3 is 14.9 Å². The number of phenols is 2. The number of para-hydroxylation sites is 1. The second-order valence-electron chi connectivity index (χ2n) is 8.13. The van der Waals surface area contributed by atoms with Gasteiger partial charge in [0, 0.05) is 35.3 Å². The van der Waals surface area contributed by atoms with Crippen LogP contribution in [0.2, 0.25) is 0 Å². The molecule has 6 heteroatoms. The lowest BCUT2D eigenvalue weighted by Crippen LogP contribution is -2.49. The Bertz CT molecular complexity index is 830. The molecular weight excluding hydrogens is 408 g/mol. The number of ether oxygens (including phenoxy) is 1. The fraction of sp³-hybridized carbons (Fsp3) is 0.520. The molecule has 0 bridgehead atoms. The molecule has 0 heterocycles. The SMILES string of the molecule is CCCCCCN(NCCSc1ccccc1OC)C1CCc2c(ccc(O)c2O)C1. The van der Waals surface area contributed by atoms with Crippen molar-refractivity contribution in [1.29, 1.82) is 0 Å². The topological polar surface area (TPSA) is 65.0 Å². The minimum Gasteiger partial charge on any atom is -0.504 e. The van der Waals surface area contributed by atoms with Gasteiger partial charge in [-0.25, -0.2) is 5.01 Å². The van der Waals surface area contributed by atoms with Crippen LogP contribution >= 0.6 is 11.8 Å². The van der Waals surface area contributed by atoms with Crippen LogP contribution in [0, 0.1) is 0 Å². The summed E-state index contributed by atoms with van der Waals surface area (Å²) in [6.45, 7) is 4.16. The second kappa shape index (κ2) is 12.2. The van der Waals surface area contributed by atoms with Crippen molar-refractivity contribution in [2.75, 3.05) is 26.0 Å². The molecule has 0 aliphatic heterocycles. The first-order valence-electron chi connectivity index (χ1n) is 11.4. The highest BCUT2D eigenvalue weighted by Gasteiger charge is 2.26. The number of hydrogen-bond donors (Lipinski definition) is 3. The molecule has 1 aliphatic carbocycles. The van der Waals surface area contributed by atoms with Gasteiger partial charge in [-0.05, 0) is 49.4 Å². The fourth-order valence-corrected chi connectivity index (χ4v) is 5.14. The van der Waals surface area contributed by atoms with Crippen molar-refractivity contribution in [2.45, 2.75) is 62.8 Å². The summed E-state index contributed by atoms with van der Waals surface area (Å²) in [5.74, 6) is 1.94. The molecule has 2 aromatic carbocycles. The third-order valence-corrected chi connectivity index (χ3v) is 7.04. The van der Waals surface area contributed by atoms with Gasteiger partial charge in [0.2, 0.25) is 0 Å². The summed E-state index contributed by atoms with van der Waals surface area (Å²) in [7, 11) is 1.72. The van der Waals surface area contributed by atoms with Gasteiger partial charge in [0.05, 0.1) is 7.11 Å². The highest BCUT2D eigenvalue weighted by molar-refractivity contribution is 7.99. The van der Waals surface area contributed by atoms with Crippen molar-refractivity contribution >= 4 is 11.8 Å². The Hall–Kier alpha value is -1.89. The molecule has 1 unspecified atom stereocenters. The number of unbranched alkanes of at least 4 members (excludes halogenated alkanes) is 3. The number of hydrogen-bond acceptors (Lipinski definition) is 6. The zero-order chi connectivity index (χ0) is 22.1. The molecule has 31 heavy (non-hydrogen) atoms. The molecule has 3 N–H and O–H groups in total. The van der Waals surface area contributed by atoms with Gasteiger partial charge in [0.25, 0.3) is 0 Å². The van der Waals surface area contributed by atoms with Crippen LogP contribution < -0.4 is 10.2 Å². The normalized spacial score (nSPS) is 15.8. The smallest absolute Gasteiger partial charge is 0.160 e. The Labute approximate surface area is 190 Å². The highest BCUT2D eigenvalue weighted by atomic mass is 32.2. The summed E-state index contributed by atoms with van der Waals surface area (Å²) in [6, 6.07) is 12.1. The van der Waals surface area contributed by atoms with Crippen LogP contribution in [0.3, 0.4) is 0 Å². The summed E-state index contributed by atoms with van der Waals surface area (Å²) in [5, 5.41) is 22.4. The van der Waals surface area contributed by atoms with E-state index < -0.39 is 0 Å². The maximum atomic E-state index is 10.2. The van der Waals surface area contributed by atoms with Crippen molar-refractivity contribution in [3.63, 3.8) is 0 Å². The van der Waals surface area contributed by atoms with Crippen molar-refractivity contribution < 1.29 is 14.9 Å². The minimum atomic E-state index is -0.0138. The monoisotopic (exact) mass is 444 g/mol. The molecule has 0 fully saturated rings. The van der Waals surface area contributed by atoms with Crippen molar-refractivity contribution in [1.82, 2.24) is 10.4 Å². The van der Waals surface area contributed by atoms with Crippen LogP contribution in [0.15, 0.2) is 41.3 Å². The quantitative estimate of drug-likeness (QED) is 0.182. The number of methoxy groups -OCH3 is 1. The summed E-state index contributed by atoms with van der Waals surface area (Å²) in [5.41, 5.74) is 5.75. The first-order valence-corrected chi connectivity index (χ1v) is 12.4. The molecule has 1 aliphatic rings. The number of nitrogens with zero attached hydrogens (tertiary/aromatic N) is 1. The Morgan fingerprint density at radius 3 is 2.77 bits per heavy atom. The largest absolute Gasteiger partial charge is 0.504 e. The van der Waals surface area contributed by atoms with Gasteiger partial charge >= 0.3 is 0 Å². The molecule has 0 saturated carbocycles. The van der Waals surface area contributed by atoms with E-state index in [4.69, 9.17) is 4.74 Å². The second-order valence-corrected chi connectivity index (χ2v) is 9.27. The van der Waals surface area contributed by atoms with E-state index in [0.717, 1.165) is 55.0 Å². The molecule has 5 nitrogen and oxygen atoms in total. The molecule has 2 aromatic rings. The Morgan fingerprint density at radius 1 is 1.13 bits per heavy atom. The van der Waals surface area contributed by atoms with Gasteiger partial charge in [0.1, 0.15) is 5.75 Å². The molecule has 0 saturated heterocycles. The van der Waals surface area contributed by atoms with Crippen LogP contribution in [0.4, 0.5) is 0 Å². The van der Waals surface area contributed by atoms with E-state index >= 15 is 0 Å². The Kier molecular flexibility index (Phi) is 9.37. The Morgan fingerprint density at radius 2 is 1.97 bits per heavy atom. The van der Waals surface area contributed by atoms with E-state index in [1.807, 2.05) is 36.0 Å². The van der Waals surface area contributed by atoms with Gasteiger partial charge in [-0.15, -0.1) is 11.8 Å². The third-order valence-electron chi connectivity index (χ3n) is 5.98. The maximum Gasteiger partial charge on any atom is 0.160 e. The molecule has 0 radical (unpaired) electrons. The summed E-state index contributed by atoms with van der Waals surface area (Å²) in [6.07, 6.45) is 7.62. The van der Waals surface area contributed by atoms with Gasteiger partial charge in [-0.3, -0.25) is 5.43 Å². The van der Waals surface area contributed by atoms with Gasteiger partial charge in [-0.1, -0.05) is 44.4 Å². The highest BCUT2D eigenvalue weighted by Crippen LogP contribution is 2.36. The van der Waals surface area contributed by atoms with E-state index in [-0.39, 0.29) is 11.5 Å². The van der Waals surface area contributed by atoms with Crippen LogP contribution in [-0.2, 0) is 12.8 Å². The number of thioether (sulfide) groups is 1. The van der Waals surface area contributed by atoms with Crippen molar-refractivity contribution in [2.24, 2.45) is 0 Å². The third kappa shape index (κ3) is 6.55. The average Bonchev–Trinajstić information content (AvgIpc) is 2.80. The molecule has 170 valence electrons. The molecule has 1 atom stereocenters. The number of rotatable bonds is 12. The summed E-state index contributed by atoms with van der Waals surface area (Å²) in [4.78, 5) is 1.17. The Balaban J connectivity index is 1.58. The zero-order valence-electron chi connectivity index (χ0n) is 18.8. The van der Waals surface area contributed by atoms with E-state index in [0.29, 0.717) is 6.04 Å². The predicted octanol–water partition coefficient (Wildman–Crippen LogP) is 5.14. The molecular formula is C25H36N2O3S. The van der Waals surface area contributed by atoms with Crippen LogP contribution in [0.1, 0.15) is 50.2 Å². The number of nitrogens with one attached hydrogen (secondary N) is 1. The summed E-state index contributed by atoms with van der Waals surface area (Å²) < 4.78 is 5.46. The van der Waals surface area contributed by atoms with Crippen molar-refractivity contribution in [3.8, 4) is 17.2 Å². The maximum absolute atomic E-state index is 10.2. The van der Waals surface area contributed by atoms with E-state index in [1.165, 1.54) is 30.6 Å². The van der Waals surface area contributed by atoms with Gasteiger partial charge in [0.15, 0.2) is 11.5 Å². The lowest BCUT2D eigenvalue weighted by Gasteiger charge is -2.36. The first-order chi connectivity index (χ1) is 15.1. The van der Waals surface area contributed by atoms with Gasteiger partial charge in [-0.2, -0.15) is 0 Å². The molecule has 0 amide bonds. The van der Waals surface area contributed by atoms with Crippen LogP contribution in [-0.4, -0.2) is 47.2 Å². The summed E-state index contributed by atoms with van der Waals surface area (Å²) >= 11 is 1.81. The van der Waals surface area contributed by atoms with E-state index in [2.05, 4.69) is 23.4 Å². The number of phenolic OH excluding ortho intramolecular Hbond substituents is 2. The average molecular weight is 445 g/mol.